The third-order valence-electron chi connectivity index (χ3n) is 6.70. The molecule has 1 N–H and O–H groups in total. The van der Waals surface area contributed by atoms with Crippen LogP contribution in [0.2, 0.25) is 0 Å². The van der Waals surface area contributed by atoms with Crippen LogP contribution in [0.3, 0.4) is 0 Å². The quantitative estimate of drug-likeness (QED) is 0.0972. The zero-order valence-electron chi connectivity index (χ0n) is 23.9. The third-order valence-corrected chi connectivity index (χ3v) is 7.18. The molecule has 0 amide bonds. The second-order valence-electron chi connectivity index (χ2n) is 9.94. The Kier molecular flexibility index (Phi) is 10.0. The minimum Gasteiger partial charge on any atom is -0.490 e. The van der Waals surface area contributed by atoms with Gasteiger partial charge in [-0.3, -0.25) is 0 Å². The van der Waals surface area contributed by atoms with Crippen LogP contribution in [-0.2, 0) is 39.1 Å². The van der Waals surface area contributed by atoms with Gasteiger partial charge in [0, 0.05) is 0 Å². The first-order valence-electron chi connectivity index (χ1n) is 13.5. The van der Waals surface area contributed by atoms with Crippen molar-refractivity contribution >= 4 is 22.2 Å². The Labute approximate surface area is 247 Å². The highest BCUT2D eigenvalue weighted by Gasteiger charge is 2.13. The smallest absolute Gasteiger partial charge is 0.371 e. The second kappa shape index (κ2) is 13.9. The van der Waals surface area contributed by atoms with Crippen LogP contribution in [0.4, 0.5) is 0 Å². The summed E-state index contributed by atoms with van der Waals surface area (Å²) in [6.07, 6.45) is 4.46. The lowest BCUT2D eigenvalue weighted by Gasteiger charge is -2.17. The summed E-state index contributed by atoms with van der Waals surface area (Å²) in [5.74, 6) is -0.353. The summed E-state index contributed by atoms with van der Waals surface area (Å²) in [7, 11) is -2.31. The molecule has 0 atom stereocenters. The van der Waals surface area contributed by atoms with Crippen LogP contribution in [0.5, 0.6) is 11.5 Å². The van der Waals surface area contributed by atoms with Gasteiger partial charge >= 0.3 is 16.1 Å². The summed E-state index contributed by atoms with van der Waals surface area (Å²) in [5.41, 5.74) is 7.76. The summed E-state index contributed by atoms with van der Waals surface area (Å²) >= 11 is 0. The Morgan fingerprint density at radius 3 is 2.10 bits per heavy atom. The van der Waals surface area contributed by atoms with Crippen molar-refractivity contribution in [3.63, 3.8) is 0 Å². The first-order valence-corrected chi connectivity index (χ1v) is 15.3. The fraction of sp³-hybridized carbons (Fsp3) is 0.206. The fourth-order valence-corrected chi connectivity index (χ4v) is 4.99. The van der Waals surface area contributed by atoms with Crippen molar-refractivity contribution in [2.24, 2.45) is 0 Å². The van der Waals surface area contributed by atoms with Crippen molar-refractivity contribution < 1.29 is 32.0 Å². The molecule has 8 heteroatoms. The zero-order chi connectivity index (χ0) is 30.1. The molecule has 7 nitrogen and oxygen atoms in total. The Hall–Kier alpha value is -4.56. The maximum atomic E-state index is 11.6. The second-order valence-corrected chi connectivity index (χ2v) is 11.5. The molecule has 0 heterocycles. The van der Waals surface area contributed by atoms with E-state index in [1.807, 2.05) is 54.6 Å². The van der Waals surface area contributed by atoms with Gasteiger partial charge in [0.25, 0.3) is 0 Å². The molecule has 0 radical (unpaired) electrons. The molecule has 218 valence electrons. The average Bonchev–Trinajstić information content (AvgIpc) is 2.95. The van der Waals surface area contributed by atoms with E-state index in [1.165, 1.54) is 29.9 Å². The summed E-state index contributed by atoms with van der Waals surface area (Å²) < 4.78 is 39.3. The normalized spacial score (nSPS) is 11.6. The molecule has 0 aliphatic heterocycles. The number of rotatable bonds is 12. The maximum Gasteiger partial charge on any atom is 0.371 e. The molecule has 2 aliphatic rings. The topological polar surface area (TPSA) is 99.1 Å². The van der Waals surface area contributed by atoms with Crippen molar-refractivity contribution in [3.05, 3.63) is 125 Å². The van der Waals surface area contributed by atoms with Crippen LogP contribution < -0.4 is 8.92 Å². The van der Waals surface area contributed by atoms with Crippen molar-refractivity contribution in [3.8, 4) is 22.6 Å². The molecular weight excluding hydrogens is 552 g/mol. The van der Waals surface area contributed by atoms with Crippen molar-refractivity contribution in [1.82, 2.24) is 0 Å². The van der Waals surface area contributed by atoms with Gasteiger partial charge in [0.2, 0.25) is 5.76 Å². The van der Waals surface area contributed by atoms with E-state index < -0.39 is 16.1 Å². The minimum absolute atomic E-state index is 0.172. The van der Waals surface area contributed by atoms with Gasteiger partial charge < -0.3 is 18.8 Å². The molecule has 0 bridgehead atoms. The predicted molar refractivity (Wildman–Crippen MR) is 164 cm³/mol. The first kappa shape index (κ1) is 30.4. The average molecular weight is 587 g/mol. The number of hydrogen-bond acceptors (Lipinski definition) is 6. The van der Waals surface area contributed by atoms with Gasteiger partial charge in [0.1, 0.15) is 18.1 Å². The molecule has 0 aromatic heterocycles. The van der Waals surface area contributed by atoms with Crippen LogP contribution >= 0.6 is 0 Å². The molecule has 0 spiro atoms. The van der Waals surface area contributed by atoms with Gasteiger partial charge in [0.15, 0.2) is 0 Å². The van der Waals surface area contributed by atoms with E-state index >= 15 is 0 Å². The van der Waals surface area contributed by atoms with E-state index in [0.717, 1.165) is 29.4 Å². The van der Waals surface area contributed by atoms with Gasteiger partial charge in [-0.1, -0.05) is 78.9 Å². The first-order chi connectivity index (χ1) is 20.1. The number of aliphatic carboxylic acids is 1. The van der Waals surface area contributed by atoms with Crippen LogP contribution in [0.1, 0.15) is 34.2 Å². The predicted octanol–water partition coefficient (Wildman–Crippen LogP) is 6.83. The zero-order valence-corrected chi connectivity index (χ0v) is 24.7. The largest absolute Gasteiger partial charge is 0.490 e. The van der Waals surface area contributed by atoms with Gasteiger partial charge in [-0.05, 0) is 83.3 Å². The van der Waals surface area contributed by atoms with Gasteiger partial charge in [-0.2, -0.15) is 8.42 Å². The van der Waals surface area contributed by atoms with Gasteiger partial charge in [-0.15, -0.1) is 0 Å². The number of carboxylic acid groups (broad SMARTS) is 1. The number of carboxylic acids is 1. The lowest BCUT2D eigenvalue weighted by molar-refractivity contribution is -0.135. The number of ether oxygens (including phenoxy) is 2. The number of para-hydroxylation sites is 1. The van der Waals surface area contributed by atoms with Crippen molar-refractivity contribution in [1.29, 1.82) is 0 Å². The molecule has 0 saturated carbocycles. The highest BCUT2D eigenvalue weighted by Crippen LogP contribution is 2.35. The Bertz CT molecular complexity index is 1680. The van der Waals surface area contributed by atoms with E-state index in [1.54, 1.807) is 18.2 Å². The van der Waals surface area contributed by atoms with E-state index in [0.29, 0.717) is 36.5 Å². The number of aryl methyl sites for hydroxylation is 3. The molecule has 2 aliphatic carbocycles. The minimum atomic E-state index is -3.62. The number of carbonyl (C=O) groups is 1. The molecule has 3 aromatic rings. The Balaban J connectivity index is 0.000000496. The van der Waals surface area contributed by atoms with Crippen LogP contribution in [0.15, 0.2) is 96.8 Å². The van der Waals surface area contributed by atoms with Gasteiger partial charge in [0.05, 0.1) is 13.4 Å². The molecule has 5 rings (SSSR count). The molecule has 0 saturated heterocycles. The highest BCUT2D eigenvalue weighted by atomic mass is 32.2. The summed E-state index contributed by atoms with van der Waals surface area (Å²) in [6.45, 7) is 2.50. The van der Waals surface area contributed by atoms with E-state index in [2.05, 4.69) is 25.1 Å². The highest BCUT2D eigenvalue weighted by molar-refractivity contribution is 7.86. The standard InChI is InChI=1S/C27H28O7S.C7H6/c1-32-26(27(28)29)18-21-15-16-23(25(17-21)33-19-20-9-4-3-5-10-20)13-8-12-22-11-6-7-14-24(22)34-35(2,30)31;1-5-4-6-2-3-7(5)6/h3-7,9-11,14-18H,8,12-13,19H2,1-2H3,(H,28,29);2-4H,1H3. The van der Waals surface area contributed by atoms with Crippen LogP contribution in [0, 0.1) is 6.92 Å². The third kappa shape index (κ3) is 8.47. The van der Waals surface area contributed by atoms with Crippen LogP contribution in [-0.4, -0.2) is 32.9 Å². The maximum absolute atomic E-state index is 11.6. The van der Waals surface area contributed by atoms with E-state index in [9.17, 15) is 18.3 Å². The molecule has 3 aromatic carbocycles. The number of benzene rings is 4. The Morgan fingerprint density at radius 1 is 0.857 bits per heavy atom. The molecule has 0 fully saturated rings. The molecule has 0 unspecified atom stereocenters. The van der Waals surface area contributed by atoms with Crippen LogP contribution in [0.25, 0.3) is 17.2 Å². The van der Waals surface area contributed by atoms with Gasteiger partial charge in [-0.25, -0.2) is 4.79 Å². The SMILES string of the molecule is COC(=Cc1ccc(CCCc2ccccc2OS(C)(=O)=O)c(OCc2ccccc2)c1)C(=O)O.Cc1cc2ccc1-2. The lowest BCUT2D eigenvalue weighted by atomic mass is 9.88. The number of hydrogen-bond donors (Lipinski definition) is 1. The molecule has 42 heavy (non-hydrogen) atoms. The number of fused-ring (bicyclic) bond motifs is 1. The van der Waals surface area contributed by atoms with E-state index in [4.69, 9.17) is 13.7 Å². The monoisotopic (exact) mass is 586 g/mol. The summed E-state index contributed by atoms with van der Waals surface area (Å²) in [4.78, 5) is 11.3. The molecular formula is C34H34O7S. The Morgan fingerprint density at radius 2 is 1.55 bits per heavy atom. The summed E-state index contributed by atoms with van der Waals surface area (Å²) in [5, 5.41) is 9.26. The fourth-order valence-electron chi connectivity index (χ4n) is 4.50. The lowest BCUT2D eigenvalue weighted by Crippen LogP contribution is -2.07. The number of methoxy groups -OCH3 is 1. The van der Waals surface area contributed by atoms with Crippen molar-refractivity contribution in [2.75, 3.05) is 13.4 Å². The summed E-state index contributed by atoms with van der Waals surface area (Å²) in [6, 6.07) is 28.8. The van der Waals surface area contributed by atoms with E-state index in [-0.39, 0.29) is 5.76 Å². The van der Waals surface area contributed by atoms with Crippen molar-refractivity contribution in [2.45, 2.75) is 32.8 Å².